The molecule has 23 heavy (non-hydrogen) atoms. The third-order valence-corrected chi connectivity index (χ3v) is 5.47. The first-order valence-corrected chi connectivity index (χ1v) is 8.61. The van der Waals surface area contributed by atoms with Gasteiger partial charge in [0.2, 0.25) is 0 Å². The van der Waals surface area contributed by atoms with E-state index in [4.69, 9.17) is 10.5 Å². The molecule has 0 atom stereocenters. The van der Waals surface area contributed by atoms with E-state index in [1.165, 1.54) is 11.3 Å². The van der Waals surface area contributed by atoms with Crippen LogP contribution in [0.5, 0.6) is 0 Å². The Morgan fingerprint density at radius 3 is 2.83 bits per heavy atom. The molecule has 2 aromatic rings. The number of amides is 2. The highest BCUT2D eigenvalue weighted by atomic mass is 32.2. The first kappa shape index (κ1) is 16.1. The van der Waals surface area contributed by atoms with Crippen molar-refractivity contribution >= 4 is 40.1 Å². The predicted molar refractivity (Wildman–Crippen MR) is 89.8 cm³/mol. The molecule has 0 aromatic carbocycles. The lowest BCUT2D eigenvalue weighted by molar-refractivity contribution is 0.0773. The normalized spacial score (nSPS) is 15.5. The molecule has 9 heteroatoms. The number of rotatable bonds is 5. The number of hydrogen-bond acceptors (Lipinski definition) is 6. The highest BCUT2D eigenvalue weighted by Crippen LogP contribution is 2.36. The Balaban J connectivity index is 1.75. The van der Waals surface area contributed by atoms with Crippen LogP contribution in [0.2, 0.25) is 0 Å². The maximum atomic E-state index is 12.1. The second-order valence-corrected chi connectivity index (χ2v) is 7.29. The molecular weight excluding hydrogens is 336 g/mol. The molecule has 0 unspecified atom stereocenters. The lowest BCUT2D eigenvalue weighted by atomic mass is 10.3. The molecule has 2 amide bonds. The summed E-state index contributed by atoms with van der Waals surface area (Å²) in [5.41, 5.74) is 6.17. The summed E-state index contributed by atoms with van der Waals surface area (Å²) in [6.07, 6.45) is 1.66. The minimum atomic E-state index is -0.558. The molecule has 2 aromatic heterocycles. The summed E-state index contributed by atoms with van der Waals surface area (Å²) in [6, 6.07) is 5.12. The number of nitrogens with one attached hydrogen (secondary N) is 2. The summed E-state index contributed by atoms with van der Waals surface area (Å²) >= 11 is 2.89. The maximum absolute atomic E-state index is 12.1. The number of morpholine rings is 1. The Kier molecular flexibility index (Phi) is 5.01. The number of nitrogens with zero attached hydrogens (tertiary/aromatic N) is 1. The lowest BCUT2D eigenvalue weighted by Crippen LogP contribution is -2.30. The zero-order valence-electron chi connectivity index (χ0n) is 12.2. The zero-order chi connectivity index (χ0) is 16.2. The van der Waals surface area contributed by atoms with Crippen molar-refractivity contribution in [2.75, 3.05) is 31.6 Å². The van der Waals surface area contributed by atoms with Gasteiger partial charge in [-0.15, -0.1) is 11.3 Å². The number of aromatic nitrogens is 1. The summed E-state index contributed by atoms with van der Waals surface area (Å²) in [4.78, 5) is 26.6. The van der Waals surface area contributed by atoms with Crippen molar-refractivity contribution in [2.45, 2.75) is 4.21 Å². The first-order chi connectivity index (χ1) is 11.1. The van der Waals surface area contributed by atoms with Gasteiger partial charge in [0.1, 0.15) is 10.7 Å². The molecule has 1 aliphatic heterocycles. The first-order valence-electron chi connectivity index (χ1n) is 7.02. The molecule has 3 rings (SSSR count). The number of carbonyl (C=O) groups excluding carboxylic acids is 2. The van der Waals surface area contributed by atoms with Gasteiger partial charge < -0.3 is 20.8 Å². The standard InChI is InChI=1S/C14H16N4O3S2/c15-12(19)9-8-11(23-18-4-6-21-7-5-18)22-14(9)17-13(20)10-2-1-3-16-10/h1-3,8,16H,4-7H2,(H2,15,19)(H,17,20). The highest BCUT2D eigenvalue weighted by Gasteiger charge is 2.20. The van der Waals surface area contributed by atoms with Crippen LogP contribution in [-0.4, -0.2) is 47.4 Å². The number of primary amides is 1. The summed E-state index contributed by atoms with van der Waals surface area (Å²) in [5.74, 6) is -0.862. The van der Waals surface area contributed by atoms with E-state index < -0.39 is 5.91 Å². The molecular formula is C14H16N4O3S2. The average molecular weight is 352 g/mol. The highest BCUT2D eigenvalue weighted by molar-refractivity contribution is 7.99. The van der Waals surface area contributed by atoms with Gasteiger partial charge in [0.25, 0.3) is 11.8 Å². The number of ether oxygens (including phenoxy) is 1. The minimum Gasteiger partial charge on any atom is -0.379 e. The van der Waals surface area contributed by atoms with Gasteiger partial charge in [-0.25, -0.2) is 4.31 Å². The lowest BCUT2D eigenvalue weighted by Gasteiger charge is -2.24. The van der Waals surface area contributed by atoms with Crippen LogP contribution < -0.4 is 11.1 Å². The van der Waals surface area contributed by atoms with E-state index in [-0.39, 0.29) is 5.91 Å². The van der Waals surface area contributed by atoms with Crippen LogP contribution >= 0.6 is 23.3 Å². The van der Waals surface area contributed by atoms with E-state index in [9.17, 15) is 9.59 Å². The van der Waals surface area contributed by atoms with Gasteiger partial charge in [0.05, 0.1) is 23.0 Å². The monoisotopic (exact) mass is 352 g/mol. The molecule has 0 aliphatic carbocycles. The molecule has 0 spiro atoms. The Morgan fingerprint density at radius 2 is 2.17 bits per heavy atom. The number of hydrogen-bond donors (Lipinski definition) is 3. The Morgan fingerprint density at radius 1 is 1.39 bits per heavy atom. The van der Waals surface area contributed by atoms with Crippen LogP contribution in [0.1, 0.15) is 20.8 Å². The molecule has 0 saturated carbocycles. The number of aromatic amines is 1. The van der Waals surface area contributed by atoms with E-state index in [0.29, 0.717) is 29.5 Å². The molecule has 3 heterocycles. The van der Waals surface area contributed by atoms with Gasteiger partial charge in [-0.1, -0.05) is 0 Å². The minimum absolute atomic E-state index is 0.303. The van der Waals surface area contributed by atoms with Crippen LogP contribution in [0.15, 0.2) is 28.6 Å². The molecule has 1 saturated heterocycles. The third-order valence-electron chi connectivity index (χ3n) is 3.23. The smallest absolute Gasteiger partial charge is 0.272 e. The summed E-state index contributed by atoms with van der Waals surface area (Å²) in [6.45, 7) is 3.02. The number of nitrogens with two attached hydrogens (primary N) is 1. The Hall–Kier alpha value is -1.81. The fourth-order valence-electron chi connectivity index (χ4n) is 2.10. The molecule has 7 nitrogen and oxygen atoms in total. The predicted octanol–water partition coefficient (Wildman–Crippen LogP) is 1.77. The second kappa shape index (κ2) is 7.18. The van der Waals surface area contributed by atoms with Crippen molar-refractivity contribution < 1.29 is 14.3 Å². The van der Waals surface area contributed by atoms with Crippen LogP contribution in [0.4, 0.5) is 5.00 Å². The van der Waals surface area contributed by atoms with E-state index in [2.05, 4.69) is 14.6 Å². The summed E-state index contributed by atoms with van der Waals surface area (Å²) in [5, 5.41) is 3.21. The van der Waals surface area contributed by atoms with E-state index in [1.54, 1.807) is 36.3 Å². The van der Waals surface area contributed by atoms with E-state index in [0.717, 1.165) is 17.3 Å². The van der Waals surface area contributed by atoms with Gasteiger partial charge in [-0.3, -0.25) is 9.59 Å². The molecule has 4 N–H and O–H groups in total. The molecule has 0 radical (unpaired) electrons. The Labute approximate surface area is 141 Å². The van der Waals surface area contributed by atoms with Gasteiger partial charge >= 0.3 is 0 Å². The van der Waals surface area contributed by atoms with Crippen molar-refractivity contribution in [1.29, 1.82) is 0 Å². The van der Waals surface area contributed by atoms with E-state index >= 15 is 0 Å². The van der Waals surface area contributed by atoms with Crippen LogP contribution in [0.25, 0.3) is 0 Å². The van der Waals surface area contributed by atoms with Crippen LogP contribution in [0.3, 0.4) is 0 Å². The Bertz CT molecular complexity index is 693. The topological polar surface area (TPSA) is 100 Å². The van der Waals surface area contributed by atoms with Gasteiger partial charge in [0.15, 0.2) is 0 Å². The fraction of sp³-hybridized carbons (Fsp3) is 0.286. The van der Waals surface area contributed by atoms with Crippen molar-refractivity contribution in [1.82, 2.24) is 9.29 Å². The van der Waals surface area contributed by atoms with Crippen molar-refractivity contribution in [2.24, 2.45) is 5.73 Å². The van der Waals surface area contributed by atoms with Crippen molar-refractivity contribution in [3.05, 3.63) is 35.7 Å². The fourth-order valence-corrected chi connectivity index (χ4v) is 4.36. The SMILES string of the molecule is NC(=O)c1cc(SN2CCOCC2)sc1NC(=O)c1ccc[nH]1. The molecule has 0 bridgehead atoms. The van der Waals surface area contributed by atoms with Crippen molar-refractivity contribution in [3.8, 4) is 0 Å². The summed E-state index contributed by atoms with van der Waals surface area (Å²) in [7, 11) is 0. The summed E-state index contributed by atoms with van der Waals surface area (Å²) < 4.78 is 8.38. The van der Waals surface area contributed by atoms with E-state index in [1.807, 2.05) is 0 Å². The number of anilines is 1. The number of carbonyl (C=O) groups is 2. The number of thiophene rings is 1. The van der Waals surface area contributed by atoms with Gasteiger partial charge in [-0.2, -0.15) is 0 Å². The van der Waals surface area contributed by atoms with Gasteiger partial charge in [0, 0.05) is 19.3 Å². The van der Waals surface area contributed by atoms with Gasteiger partial charge in [-0.05, 0) is 30.1 Å². The number of H-pyrrole nitrogens is 1. The van der Waals surface area contributed by atoms with Crippen LogP contribution in [-0.2, 0) is 4.74 Å². The molecule has 1 fully saturated rings. The third kappa shape index (κ3) is 3.94. The average Bonchev–Trinajstić information content (AvgIpc) is 3.18. The quantitative estimate of drug-likeness (QED) is 0.712. The largest absolute Gasteiger partial charge is 0.379 e. The zero-order valence-corrected chi connectivity index (χ0v) is 13.8. The second-order valence-electron chi connectivity index (χ2n) is 4.84. The maximum Gasteiger partial charge on any atom is 0.272 e. The molecule has 1 aliphatic rings. The molecule has 122 valence electrons. The van der Waals surface area contributed by atoms with Crippen molar-refractivity contribution in [3.63, 3.8) is 0 Å². The van der Waals surface area contributed by atoms with Crippen LogP contribution in [0, 0.1) is 0 Å².